The monoisotopic (exact) mass is 224 g/mol. The number of hydrogen-bond donors (Lipinski definition) is 1. The smallest absolute Gasteiger partial charge is 0.161 e. The zero-order chi connectivity index (χ0) is 12.1. The van der Waals surface area contributed by atoms with Gasteiger partial charge in [-0.05, 0) is 38.0 Å². The molecule has 1 N–H and O–H groups in total. The van der Waals surface area contributed by atoms with Crippen LogP contribution in [0.2, 0.25) is 0 Å². The van der Waals surface area contributed by atoms with Crippen molar-refractivity contribution in [1.82, 2.24) is 0 Å². The van der Waals surface area contributed by atoms with E-state index in [1.807, 2.05) is 39.0 Å². The molecule has 0 aliphatic rings. The molecule has 16 heavy (non-hydrogen) atoms. The fraction of sp³-hybridized carbons (Fsp3) is 0.538. The van der Waals surface area contributed by atoms with Gasteiger partial charge >= 0.3 is 0 Å². The molecule has 0 aliphatic carbocycles. The van der Waals surface area contributed by atoms with Crippen LogP contribution in [0.4, 0.5) is 0 Å². The predicted octanol–water partition coefficient (Wildman–Crippen LogP) is 2.93. The molecule has 1 atom stereocenters. The van der Waals surface area contributed by atoms with Crippen molar-refractivity contribution < 1.29 is 14.6 Å². The highest BCUT2D eigenvalue weighted by Crippen LogP contribution is 2.31. The van der Waals surface area contributed by atoms with Gasteiger partial charge in [-0.3, -0.25) is 0 Å². The van der Waals surface area contributed by atoms with E-state index in [0.717, 1.165) is 5.56 Å². The highest BCUT2D eigenvalue weighted by Gasteiger charge is 2.11. The summed E-state index contributed by atoms with van der Waals surface area (Å²) in [6.07, 6.45) is 0.353. The Kier molecular flexibility index (Phi) is 4.62. The normalized spacial score (nSPS) is 12.6. The van der Waals surface area contributed by atoms with Crippen LogP contribution >= 0.6 is 0 Å². The minimum atomic E-state index is -0.443. The molecule has 3 heteroatoms. The molecule has 0 heterocycles. The molecule has 90 valence electrons. The van der Waals surface area contributed by atoms with E-state index in [2.05, 4.69) is 0 Å². The first-order chi connectivity index (χ1) is 7.58. The summed E-state index contributed by atoms with van der Waals surface area (Å²) in [5.74, 6) is 1.38. The lowest BCUT2D eigenvalue weighted by Gasteiger charge is -2.16. The van der Waals surface area contributed by atoms with Crippen LogP contribution in [0.1, 0.15) is 38.9 Å². The summed E-state index contributed by atoms with van der Waals surface area (Å²) in [6, 6.07) is 5.54. The number of methoxy groups -OCH3 is 1. The van der Waals surface area contributed by atoms with Crippen molar-refractivity contribution in [2.24, 2.45) is 0 Å². The Labute approximate surface area is 97.0 Å². The minimum absolute atomic E-state index is 0.107. The molecule has 0 aromatic heterocycles. The van der Waals surface area contributed by atoms with Crippen LogP contribution in [0.3, 0.4) is 0 Å². The lowest BCUT2D eigenvalue weighted by atomic mass is 10.1. The van der Waals surface area contributed by atoms with Gasteiger partial charge in [-0.1, -0.05) is 13.0 Å². The van der Waals surface area contributed by atoms with Gasteiger partial charge in [0.15, 0.2) is 11.5 Å². The summed E-state index contributed by atoms with van der Waals surface area (Å²) < 4.78 is 10.8. The highest BCUT2D eigenvalue weighted by molar-refractivity contribution is 5.43. The Morgan fingerprint density at radius 1 is 1.25 bits per heavy atom. The van der Waals surface area contributed by atoms with Gasteiger partial charge in [-0.25, -0.2) is 0 Å². The maximum Gasteiger partial charge on any atom is 0.161 e. The Hall–Kier alpha value is -1.22. The van der Waals surface area contributed by atoms with Crippen LogP contribution in [0, 0.1) is 0 Å². The fourth-order valence-electron chi connectivity index (χ4n) is 1.48. The minimum Gasteiger partial charge on any atom is -0.493 e. The first-order valence-electron chi connectivity index (χ1n) is 5.61. The second kappa shape index (κ2) is 5.75. The molecule has 0 radical (unpaired) electrons. The van der Waals surface area contributed by atoms with Gasteiger partial charge in [0.25, 0.3) is 0 Å². The van der Waals surface area contributed by atoms with E-state index in [4.69, 9.17) is 9.47 Å². The number of ether oxygens (including phenoxy) is 2. The van der Waals surface area contributed by atoms with Crippen LogP contribution in [0.5, 0.6) is 11.5 Å². The molecule has 0 fully saturated rings. The van der Waals surface area contributed by atoms with Crippen molar-refractivity contribution in [3.05, 3.63) is 23.8 Å². The SMILES string of the molecule is CCC(O)c1ccc(OC(C)C)c(OC)c1. The Balaban J connectivity index is 2.97. The fourth-order valence-corrected chi connectivity index (χ4v) is 1.48. The Bertz CT molecular complexity index is 334. The first-order valence-corrected chi connectivity index (χ1v) is 5.61. The lowest BCUT2D eigenvalue weighted by Crippen LogP contribution is -2.07. The lowest BCUT2D eigenvalue weighted by molar-refractivity contribution is 0.172. The molecule has 0 bridgehead atoms. The zero-order valence-corrected chi connectivity index (χ0v) is 10.4. The molecule has 0 saturated carbocycles. The number of benzene rings is 1. The van der Waals surface area contributed by atoms with Gasteiger partial charge in [0.05, 0.1) is 19.3 Å². The van der Waals surface area contributed by atoms with Gasteiger partial charge in [-0.15, -0.1) is 0 Å². The summed E-state index contributed by atoms with van der Waals surface area (Å²) in [4.78, 5) is 0. The largest absolute Gasteiger partial charge is 0.493 e. The predicted molar refractivity (Wildman–Crippen MR) is 64.0 cm³/mol. The van der Waals surface area contributed by atoms with E-state index >= 15 is 0 Å². The van der Waals surface area contributed by atoms with Crippen LogP contribution in [0.25, 0.3) is 0 Å². The third-order valence-corrected chi connectivity index (χ3v) is 2.32. The van der Waals surface area contributed by atoms with Crippen LogP contribution < -0.4 is 9.47 Å². The molecule has 0 aliphatic heterocycles. The van der Waals surface area contributed by atoms with E-state index in [0.29, 0.717) is 17.9 Å². The van der Waals surface area contributed by atoms with Crippen molar-refractivity contribution in [3.8, 4) is 11.5 Å². The topological polar surface area (TPSA) is 38.7 Å². The summed E-state index contributed by atoms with van der Waals surface area (Å²) in [5, 5.41) is 9.73. The molecule has 1 aromatic carbocycles. The molecular weight excluding hydrogens is 204 g/mol. The van der Waals surface area contributed by atoms with Crippen LogP contribution in [0.15, 0.2) is 18.2 Å². The van der Waals surface area contributed by atoms with Gasteiger partial charge in [-0.2, -0.15) is 0 Å². The number of aliphatic hydroxyl groups excluding tert-OH is 1. The zero-order valence-electron chi connectivity index (χ0n) is 10.4. The Morgan fingerprint density at radius 3 is 2.44 bits per heavy atom. The number of hydrogen-bond acceptors (Lipinski definition) is 3. The van der Waals surface area contributed by atoms with E-state index in [9.17, 15) is 5.11 Å². The highest BCUT2D eigenvalue weighted by atomic mass is 16.5. The molecule has 0 amide bonds. The molecule has 1 rings (SSSR count). The third kappa shape index (κ3) is 3.14. The summed E-state index contributed by atoms with van der Waals surface area (Å²) in [6.45, 7) is 5.87. The van der Waals surface area contributed by atoms with E-state index < -0.39 is 6.10 Å². The third-order valence-electron chi connectivity index (χ3n) is 2.32. The average Bonchev–Trinajstić information content (AvgIpc) is 2.27. The first kappa shape index (κ1) is 12.8. The second-order valence-electron chi connectivity index (χ2n) is 4.00. The maximum atomic E-state index is 9.73. The average molecular weight is 224 g/mol. The van der Waals surface area contributed by atoms with E-state index in [1.54, 1.807) is 7.11 Å². The van der Waals surface area contributed by atoms with Gasteiger partial charge in [0.2, 0.25) is 0 Å². The number of aliphatic hydroxyl groups is 1. The van der Waals surface area contributed by atoms with Gasteiger partial charge in [0.1, 0.15) is 0 Å². The van der Waals surface area contributed by atoms with E-state index in [-0.39, 0.29) is 6.10 Å². The van der Waals surface area contributed by atoms with Crippen LogP contribution in [-0.2, 0) is 0 Å². The Morgan fingerprint density at radius 2 is 1.94 bits per heavy atom. The van der Waals surface area contributed by atoms with Gasteiger partial charge < -0.3 is 14.6 Å². The van der Waals surface area contributed by atoms with Crippen molar-refractivity contribution >= 4 is 0 Å². The quantitative estimate of drug-likeness (QED) is 0.835. The molecule has 1 aromatic rings. The van der Waals surface area contributed by atoms with Crippen molar-refractivity contribution in [2.45, 2.75) is 39.4 Å². The van der Waals surface area contributed by atoms with E-state index in [1.165, 1.54) is 0 Å². The number of rotatable bonds is 5. The maximum absolute atomic E-state index is 9.73. The summed E-state index contributed by atoms with van der Waals surface area (Å²) in [7, 11) is 1.60. The van der Waals surface area contributed by atoms with Crippen molar-refractivity contribution in [2.75, 3.05) is 7.11 Å². The standard InChI is InChI=1S/C13H20O3/c1-5-11(14)10-6-7-12(16-9(2)3)13(8-10)15-4/h6-9,11,14H,5H2,1-4H3. The van der Waals surface area contributed by atoms with Crippen molar-refractivity contribution in [3.63, 3.8) is 0 Å². The molecule has 0 saturated heterocycles. The summed E-state index contributed by atoms with van der Waals surface area (Å²) in [5.41, 5.74) is 0.857. The molecule has 1 unspecified atom stereocenters. The molecular formula is C13H20O3. The summed E-state index contributed by atoms with van der Waals surface area (Å²) >= 11 is 0. The van der Waals surface area contributed by atoms with Crippen molar-refractivity contribution in [1.29, 1.82) is 0 Å². The van der Waals surface area contributed by atoms with Crippen LogP contribution in [-0.4, -0.2) is 18.3 Å². The molecule has 0 spiro atoms. The second-order valence-corrected chi connectivity index (χ2v) is 4.00. The van der Waals surface area contributed by atoms with Gasteiger partial charge in [0, 0.05) is 0 Å². The molecule has 3 nitrogen and oxygen atoms in total.